The number of nitrogens with zero attached hydrogens (tertiary/aromatic N) is 2. The third-order valence-corrected chi connectivity index (χ3v) is 4.82. The zero-order valence-electron chi connectivity index (χ0n) is 14.1. The van der Waals surface area contributed by atoms with Gasteiger partial charge in [0.15, 0.2) is 0 Å². The fourth-order valence-electron chi connectivity index (χ4n) is 3.44. The summed E-state index contributed by atoms with van der Waals surface area (Å²) in [7, 11) is 0. The number of urea groups is 1. The topological polar surface area (TPSA) is 119 Å². The highest BCUT2D eigenvalue weighted by atomic mass is 16.6. The zero-order valence-corrected chi connectivity index (χ0v) is 14.1. The van der Waals surface area contributed by atoms with E-state index in [1.54, 1.807) is 6.07 Å². The Hall–Kier alpha value is -2.97. The third-order valence-electron chi connectivity index (χ3n) is 4.82. The summed E-state index contributed by atoms with van der Waals surface area (Å²) in [4.78, 5) is 47.9. The molecule has 1 saturated carbocycles. The number of carbonyl (C=O) groups excluding carboxylic acids is 3. The van der Waals surface area contributed by atoms with Crippen molar-refractivity contribution in [2.24, 2.45) is 0 Å². The molecule has 26 heavy (non-hydrogen) atoms. The number of esters is 1. The van der Waals surface area contributed by atoms with Gasteiger partial charge in [-0.2, -0.15) is 0 Å². The van der Waals surface area contributed by atoms with Crippen LogP contribution in [0.3, 0.4) is 0 Å². The van der Waals surface area contributed by atoms with Crippen LogP contribution in [-0.4, -0.2) is 39.8 Å². The predicted molar refractivity (Wildman–Crippen MR) is 89.0 cm³/mol. The van der Waals surface area contributed by atoms with Crippen molar-refractivity contribution in [3.05, 3.63) is 39.9 Å². The quantitative estimate of drug-likeness (QED) is 0.358. The van der Waals surface area contributed by atoms with E-state index in [1.165, 1.54) is 18.2 Å². The van der Waals surface area contributed by atoms with Gasteiger partial charge in [0, 0.05) is 12.6 Å². The van der Waals surface area contributed by atoms with Crippen molar-refractivity contribution in [2.45, 2.75) is 44.2 Å². The van der Waals surface area contributed by atoms with Crippen LogP contribution < -0.4 is 5.32 Å². The van der Waals surface area contributed by atoms with Gasteiger partial charge >= 0.3 is 12.0 Å². The number of hydrogen-bond donors (Lipinski definition) is 1. The van der Waals surface area contributed by atoms with Crippen LogP contribution in [0.15, 0.2) is 24.3 Å². The molecule has 0 unspecified atom stereocenters. The Morgan fingerprint density at radius 1 is 1.27 bits per heavy atom. The molecule has 0 atom stereocenters. The number of amides is 3. The number of nitro groups is 1. The second-order valence-corrected chi connectivity index (χ2v) is 6.47. The number of hydrogen-bond acceptors (Lipinski definition) is 6. The summed E-state index contributed by atoms with van der Waals surface area (Å²) in [5.74, 6) is -0.914. The number of nitrogens with one attached hydrogen (secondary N) is 1. The van der Waals surface area contributed by atoms with E-state index in [2.05, 4.69) is 5.32 Å². The van der Waals surface area contributed by atoms with E-state index in [0.29, 0.717) is 12.8 Å². The Kier molecular flexibility index (Phi) is 4.88. The molecule has 3 amide bonds. The molecule has 138 valence electrons. The summed E-state index contributed by atoms with van der Waals surface area (Å²) in [5.41, 5.74) is -0.644. The molecule has 1 heterocycles. The molecule has 9 nitrogen and oxygen atoms in total. The van der Waals surface area contributed by atoms with Crippen LogP contribution >= 0.6 is 0 Å². The molecule has 2 aliphatic rings. The first kappa shape index (κ1) is 17.8. The average molecular weight is 361 g/mol. The lowest BCUT2D eigenvalue weighted by Crippen LogP contribution is -2.44. The molecular weight excluding hydrogens is 342 g/mol. The van der Waals surface area contributed by atoms with Crippen molar-refractivity contribution in [1.82, 2.24) is 10.2 Å². The Morgan fingerprint density at radius 3 is 2.65 bits per heavy atom. The lowest BCUT2D eigenvalue weighted by molar-refractivity contribution is -0.385. The van der Waals surface area contributed by atoms with Crippen LogP contribution in [0, 0.1) is 10.1 Å². The van der Waals surface area contributed by atoms with Gasteiger partial charge in [0.25, 0.3) is 11.6 Å². The van der Waals surface area contributed by atoms with Crippen molar-refractivity contribution >= 4 is 23.6 Å². The van der Waals surface area contributed by atoms with E-state index in [0.717, 1.165) is 17.7 Å². The van der Waals surface area contributed by atoms with Crippen molar-refractivity contribution in [1.29, 1.82) is 0 Å². The molecule has 1 aliphatic carbocycles. The summed E-state index contributed by atoms with van der Waals surface area (Å²) in [6.45, 7) is -0.303. The second-order valence-electron chi connectivity index (χ2n) is 6.47. The van der Waals surface area contributed by atoms with Crippen LogP contribution in [0.2, 0.25) is 0 Å². The molecule has 1 N–H and O–H groups in total. The van der Waals surface area contributed by atoms with Gasteiger partial charge in [-0.15, -0.1) is 0 Å². The largest absolute Gasteiger partial charge is 0.460 e. The summed E-state index contributed by atoms with van der Waals surface area (Å²) < 4.78 is 5.05. The summed E-state index contributed by atoms with van der Waals surface area (Å²) in [6.07, 6.45) is 2.86. The lowest BCUT2D eigenvalue weighted by Gasteiger charge is -2.19. The van der Waals surface area contributed by atoms with Gasteiger partial charge in [0.1, 0.15) is 12.1 Å². The van der Waals surface area contributed by atoms with Gasteiger partial charge in [-0.3, -0.25) is 24.6 Å². The van der Waals surface area contributed by atoms with Crippen LogP contribution in [0.5, 0.6) is 0 Å². The molecule has 2 fully saturated rings. The molecule has 1 spiro atoms. The van der Waals surface area contributed by atoms with E-state index >= 15 is 0 Å². The first-order chi connectivity index (χ1) is 12.4. The predicted octanol–water partition coefficient (Wildman–Crippen LogP) is 1.89. The van der Waals surface area contributed by atoms with Crippen molar-refractivity contribution in [3.8, 4) is 0 Å². The minimum absolute atomic E-state index is 0.0673. The maximum atomic E-state index is 12.5. The second kappa shape index (κ2) is 7.11. The van der Waals surface area contributed by atoms with Gasteiger partial charge in [-0.25, -0.2) is 4.79 Å². The molecule has 0 bridgehead atoms. The molecule has 0 radical (unpaired) electrons. The monoisotopic (exact) mass is 361 g/mol. The van der Waals surface area contributed by atoms with Gasteiger partial charge in [-0.1, -0.05) is 25.0 Å². The standard InChI is InChI=1S/C17H19N3O6/c21-14(26-11-12-5-1-2-6-13(12)20(24)25)7-10-19-15(22)17(18-16(19)23)8-3-4-9-17/h1-2,5-6H,3-4,7-11H2,(H,18,23). The number of para-hydroxylation sites is 1. The highest BCUT2D eigenvalue weighted by molar-refractivity contribution is 6.07. The fraction of sp³-hybridized carbons (Fsp3) is 0.471. The van der Waals surface area contributed by atoms with Crippen LogP contribution in [0.1, 0.15) is 37.7 Å². The molecule has 9 heteroatoms. The third kappa shape index (κ3) is 3.37. The van der Waals surface area contributed by atoms with E-state index in [-0.39, 0.29) is 36.7 Å². The molecule has 1 aromatic rings. The maximum absolute atomic E-state index is 12.5. The minimum atomic E-state index is -0.800. The van der Waals surface area contributed by atoms with Crippen molar-refractivity contribution in [2.75, 3.05) is 6.54 Å². The molecule has 1 aromatic carbocycles. The number of rotatable bonds is 6. The Balaban J connectivity index is 1.53. The molecule has 1 saturated heterocycles. The zero-order chi connectivity index (χ0) is 18.7. The van der Waals surface area contributed by atoms with E-state index in [4.69, 9.17) is 4.74 Å². The summed E-state index contributed by atoms with van der Waals surface area (Å²) >= 11 is 0. The van der Waals surface area contributed by atoms with Gasteiger partial charge < -0.3 is 10.1 Å². The molecule has 3 rings (SSSR count). The first-order valence-corrected chi connectivity index (χ1v) is 8.45. The number of benzene rings is 1. The van der Waals surface area contributed by atoms with Gasteiger partial charge in [-0.05, 0) is 18.9 Å². The fourth-order valence-corrected chi connectivity index (χ4v) is 3.44. The van der Waals surface area contributed by atoms with E-state index in [1.807, 2.05) is 0 Å². The smallest absolute Gasteiger partial charge is 0.325 e. The van der Waals surface area contributed by atoms with Gasteiger partial charge in [0.2, 0.25) is 0 Å². The van der Waals surface area contributed by atoms with Crippen molar-refractivity contribution < 1.29 is 24.0 Å². The Labute approximate surface area is 149 Å². The van der Waals surface area contributed by atoms with Crippen LogP contribution in [0.4, 0.5) is 10.5 Å². The summed E-state index contributed by atoms with van der Waals surface area (Å²) in [5, 5.41) is 13.7. The maximum Gasteiger partial charge on any atom is 0.325 e. The normalized spacial score (nSPS) is 18.2. The van der Waals surface area contributed by atoms with E-state index < -0.39 is 22.5 Å². The Morgan fingerprint density at radius 2 is 1.96 bits per heavy atom. The van der Waals surface area contributed by atoms with Crippen LogP contribution in [-0.2, 0) is 20.9 Å². The Bertz CT molecular complexity index is 757. The summed E-state index contributed by atoms with van der Waals surface area (Å²) in [6, 6.07) is 5.50. The molecule has 1 aliphatic heterocycles. The first-order valence-electron chi connectivity index (χ1n) is 8.45. The molecule has 0 aromatic heterocycles. The van der Waals surface area contributed by atoms with Crippen molar-refractivity contribution in [3.63, 3.8) is 0 Å². The van der Waals surface area contributed by atoms with E-state index in [9.17, 15) is 24.5 Å². The molecular formula is C17H19N3O6. The lowest BCUT2D eigenvalue weighted by atomic mass is 9.98. The SMILES string of the molecule is O=C(CCN1C(=O)NC2(CCCC2)C1=O)OCc1ccccc1[N+](=O)[O-]. The van der Waals surface area contributed by atoms with Crippen LogP contribution in [0.25, 0.3) is 0 Å². The highest BCUT2D eigenvalue weighted by Crippen LogP contribution is 2.35. The average Bonchev–Trinajstić information content (AvgIpc) is 3.17. The minimum Gasteiger partial charge on any atom is -0.460 e. The number of carbonyl (C=O) groups is 3. The van der Waals surface area contributed by atoms with Gasteiger partial charge in [0.05, 0.1) is 16.9 Å². The number of nitro benzene ring substituents is 1. The number of imide groups is 1. The highest BCUT2D eigenvalue weighted by Gasteiger charge is 2.52. The number of ether oxygens (including phenoxy) is 1.